The third kappa shape index (κ3) is 9.77. The van der Waals surface area contributed by atoms with Gasteiger partial charge in [0.05, 0.1) is 19.3 Å². The van der Waals surface area contributed by atoms with Gasteiger partial charge in [0.25, 0.3) is 0 Å². The maximum absolute atomic E-state index is 12.8. The third-order valence-electron chi connectivity index (χ3n) is 6.98. The molecule has 1 saturated carbocycles. The lowest BCUT2D eigenvalue weighted by atomic mass is 9.92. The van der Waals surface area contributed by atoms with E-state index in [0.717, 1.165) is 44.2 Å². The van der Waals surface area contributed by atoms with Crippen molar-refractivity contribution in [3.05, 3.63) is 54.1 Å². The summed E-state index contributed by atoms with van der Waals surface area (Å²) in [6.07, 6.45) is 5.37. The Hall–Kier alpha value is -2.69. The van der Waals surface area contributed by atoms with Crippen LogP contribution in [0.1, 0.15) is 56.9 Å². The van der Waals surface area contributed by atoms with Gasteiger partial charge in [0.2, 0.25) is 0 Å². The average Bonchev–Trinajstić information content (AvgIpc) is 3.38. The van der Waals surface area contributed by atoms with E-state index in [1.54, 1.807) is 6.08 Å². The first-order valence-corrected chi connectivity index (χ1v) is 13.4. The summed E-state index contributed by atoms with van der Waals surface area (Å²) in [6.45, 7) is 0.749. The molecule has 0 aromatic heterocycles. The zero-order valence-electron chi connectivity index (χ0n) is 22.1. The van der Waals surface area contributed by atoms with Gasteiger partial charge < -0.3 is 24.1 Å². The van der Waals surface area contributed by atoms with E-state index in [2.05, 4.69) is 6.08 Å². The van der Waals surface area contributed by atoms with Crippen LogP contribution in [0.15, 0.2) is 48.6 Å². The highest BCUT2D eigenvalue weighted by atomic mass is 19.4. The second-order valence-corrected chi connectivity index (χ2v) is 9.81. The summed E-state index contributed by atoms with van der Waals surface area (Å²) in [5.74, 6) is -0.678. The highest BCUT2D eigenvalue weighted by Gasteiger charge is 2.36. The van der Waals surface area contributed by atoms with Crippen molar-refractivity contribution < 1.29 is 46.8 Å². The van der Waals surface area contributed by atoms with E-state index in [1.807, 2.05) is 6.08 Å². The van der Waals surface area contributed by atoms with Gasteiger partial charge in [0.1, 0.15) is 5.75 Å². The number of carbonyl (C=O) groups is 2. The molecule has 5 atom stereocenters. The Kier molecular flexibility index (Phi) is 12.0. The lowest BCUT2D eigenvalue weighted by molar-refractivity contribution is -0.216. The van der Waals surface area contributed by atoms with Crippen LogP contribution in [-0.4, -0.2) is 55.7 Å². The molecule has 0 spiro atoms. The van der Waals surface area contributed by atoms with Gasteiger partial charge in [0.15, 0.2) is 24.3 Å². The van der Waals surface area contributed by atoms with E-state index < -0.39 is 42.0 Å². The molecule has 1 saturated heterocycles. The van der Waals surface area contributed by atoms with Crippen LogP contribution in [0.25, 0.3) is 0 Å². The van der Waals surface area contributed by atoms with Crippen LogP contribution in [0.4, 0.5) is 13.2 Å². The maximum Gasteiger partial charge on any atom is 0.416 e. The number of ketones is 1. The summed E-state index contributed by atoms with van der Waals surface area (Å²) in [5, 5.41) is 10.5. The summed E-state index contributed by atoms with van der Waals surface area (Å²) in [7, 11) is 1.17. The Labute approximate surface area is 227 Å². The molecule has 1 heterocycles. The predicted molar refractivity (Wildman–Crippen MR) is 137 cm³/mol. The number of esters is 1. The second-order valence-electron chi connectivity index (χ2n) is 9.81. The lowest BCUT2D eigenvalue weighted by Gasteiger charge is -2.28. The number of benzene rings is 1. The van der Waals surface area contributed by atoms with E-state index in [4.69, 9.17) is 18.9 Å². The lowest BCUT2D eigenvalue weighted by Crippen LogP contribution is -2.45. The van der Waals surface area contributed by atoms with Crippen LogP contribution >= 0.6 is 0 Å². The van der Waals surface area contributed by atoms with Gasteiger partial charge >= 0.3 is 12.1 Å². The topological polar surface area (TPSA) is 91.3 Å². The number of alkyl halides is 3. The number of rotatable bonds is 13. The molecule has 39 heavy (non-hydrogen) atoms. The molecule has 0 amide bonds. The fraction of sp³-hybridized carbons (Fsp3) is 0.586. The van der Waals surface area contributed by atoms with Crippen molar-refractivity contribution in [3.63, 3.8) is 0 Å². The van der Waals surface area contributed by atoms with Gasteiger partial charge in [0, 0.05) is 6.61 Å². The fourth-order valence-electron chi connectivity index (χ4n) is 4.85. The van der Waals surface area contributed by atoms with E-state index in [0.29, 0.717) is 37.7 Å². The van der Waals surface area contributed by atoms with Crippen LogP contribution in [-0.2, 0) is 30.0 Å². The van der Waals surface area contributed by atoms with Crippen molar-refractivity contribution >= 4 is 11.8 Å². The molecule has 10 heteroatoms. The van der Waals surface area contributed by atoms with E-state index in [-0.39, 0.29) is 12.4 Å². The molecule has 0 bridgehead atoms. The molecule has 1 aromatic carbocycles. The number of ether oxygens (including phenoxy) is 4. The minimum absolute atomic E-state index is 0.181. The zero-order valence-corrected chi connectivity index (χ0v) is 22.1. The van der Waals surface area contributed by atoms with Crippen LogP contribution < -0.4 is 4.74 Å². The minimum atomic E-state index is -4.41. The first-order chi connectivity index (χ1) is 18.7. The van der Waals surface area contributed by atoms with Crippen molar-refractivity contribution in [1.82, 2.24) is 0 Å². The van der Waals surface area contributed by atoms with Crippen LogP contribution in [0.5, 0.6) is 5.75 Å². The second kappa shape index (κ2) is 15.2. The Morgan fingerprint density at radius 2 is 1.97 bits per heavy atom. The largest absolute Gasteiger partial charge is 0.493 e. The quantitative estimate of drug-likeness (QED) is 0.151. The molecule has 216 valence electrons. The monoisotopic (exact) mass is 554 g/mol. The number of hydrogen-bond acceptors (Lipinski definition) is 7. The van der Waals surface area contributed by atoms with Crippen LogP contribution in [0, 0.1) is 11.8 Å². The Bertz CT molecular complexity index is 985. The van der Waals surface area contributed by atoms with Crippen molar-refractivity contribution in [2.24, 2.45) is 11.8 Å². The molecule has 7 nitrogen and oxygen atoms in total. The van der Waals surface area contributed by atoms with Crippen molar-refractivity contribution in [2.75, 3.05) is 20.3 Å². The van der Waals surface area contributed by atoms with E-state index in [9.17, 15) is 27.9 Å². The molecule has 2 fully saturated rings. The van der Waals surface area contributed by atoms with Crippen molar-refractivity contribution in [2.45, 2.75) is 76.0 Å². The first-order valence-electron chi connectivity index (χ1n) is 13.4. The van der Waals surface area contributed by atoms with E-state index >= 15 is 0 Å². The predicted octanol–water partition coefficient (Wildman–Crippen LogP) is 5.41. The van der Waals surface area contributed by atoms with Crippen molar-refractivity contribution in [3.8, 4) is 5.75 Å². The Morgan fingerprint density at radius 3 is 2.69 bits per heavy atom. The smallest absolute Gasteiger partial charge is 0.416 e. The van der Waals surface area contributed by atoms with Gasteiger partial charge in [-0.2, -0.15) is 13.2 Å². The molecule has 1 aliphatic carbocycles. The Morgan fingerprint density at radius 1 is 1.15 bits per heavy atom. The number of aliphatic hydroxyl groups is 1. The first kappa shape index (κ1) is 30.8. The molecule has 3 unspecified atom stereocenters. The number of carbonyl (C=O) groups excluding carboxylic acids is 2. The molecule has 3 rings (SSSR count). The number of methoxy groups -OCH3 is 1. The SMILES string of the molecule is COC(=O)C(OC1CCCCO1)C(O)C(=O)C=CC[C@H]1CCC[C@@H]1C=CCCOc1cccc(C(F)(F)F)c1. The normalized spacial score (nSPS) is 23.7. The standard InChI is InChI=1S/C29H37F3O7/c1-36-28(35)27(39-25-16-3-5-18-38-25)26(34)24(33)15-7-12-21-11-6-10-20(21)9-2-4-17-37-23-14-8-13-22(19-23)29(30,31)32/h2,7-9,13-15,19-21,25-27,34H,3-6,10-12,16-18H2,1H3/t20-,21+,25?,26?,27?/m0/s1. The maximum atomic E-state index is 12.8. The van der Waals surface area contributed by atoms with Gasteiger partial charge in [-0.05, 0) is 81.1 Å². The highest BCUT2D eigenvalue weighted by molar-refractivity contribution is 5.97. The molecule has 1 aliphatic heterocycles. The summed E-state index contributed by atoms with van der Waals surface area (Å²) in [5.41, 5.74) is -0.741. The molecular formula is C29H37F3O7. The summed E-state index contributed by atoms with van der Waals surface area (Å²) < 4.78 is 59.7. The summed E-state index contributed by atoms with van der Waals surface area (Å²) in [4.78, 5) is 24.7. The molecule has 1 N–H and O–H groups in total. The van der Waals surface area contributed by atoms with Gasteiger partial charge in [-0.1, -0.05) is 30.7 Å². The molecule has 2 aliphatic rings. The number of allylic oxidation sites excluding steroid dienone is 2. The van der Waals surface area contributed by atoms with E-state index in [1.165, 1.54) is 25.3 Å². The molecular weight excluding hydrogens is 517 g/mol. The number of hydrogen-bond donors (Lipinski definition) is 1. The van der Waals surface area contributed by atoms with Crippen LogP contribution in [0.3, 0.4) is 0 Å². The molecule has 0 radical (unpaired) electrons. The van der Waals surface area contributed by atoms with Gasteiger partial charge in [-0.25, -0.2) is 4.79 Å². The number of aliphatic hydroxyl groups excluding tert-OH is 1. The number of halogens is 3. The van der Waals surface area contributed by atoms with Gasteiger partial charge in [-0.3, -0.25) is 4.79 Å². The average molecular weight is 555 g/mol. The minimum Gasteiger partial charge on any atom is -0.493 e. The third-order valence-corrected chi connectivity index (χ3v) is 6.98. The Balaban J connectivity index is 1.44. The van der Waals surface area contributed by atoms with Gasteiger partial charge in [-0.15, -0.1) is 0 Å². The van der Waals surface area contributed by atoms with Crippen molar-refractivity contribution in [1.29, 1.82) is 0 Å². The highest BCUT2D eigenvalue weighted by Crippen LogP contribution is 2.35. The van der Waals surface area contributed by atoms with Crippen LogP contribution in [0.2, 0.25) is 0 Å². The zero-order chi connectivity index (χ0) is 28.3. The molecule has 1 aromatic rings. The fourth-order valence-corrected chi connectivity index (χ4v) is 4.85. The summed E-state index contributed by atoms with van der Waals surface area (Å²) in [6, 6.07) is 4.82. The summed E-state index contributed by atoms with van der Waals surface area (Å²) >= 11 is 0.